The molecule has 0 aromatic carbocycles. The van der Waals surface area contributed by atoms with Crippen LogP contribution in [-0.4, -0.2) is 20.5 Å². The van der Waals surface area contributed by atoms with Crippen LogP contribution in [0.4, 0.5) is 0 Å². The lowest BCUT2D eigenvalue weighted by molar-refractivity contribution is -0.0872. The molecule has 0 bridgehead atoms. The van der Waals surface area contributed by atoms with Crippen LogP contribution < -0.4 is 0 Å². The summed E-state index contributed by atoms with van der Waals surface area (Å²) in [6, 6.07) is 0. The van der Waals surface area contributed by atoms with E-state index in [-0.39, 0.29) is 0 Å². The first-order valence-corrected chi connectivity index (χ1v) is 7.59. The first kappa shape index (κ1) is 14.1. The second-order valence-corrected chi connectivity index (χ2v) is 6.77. The van der Waals surface area contributed by atoms with Gasteiger partial charge in [-0.2, -0.15) is 5.10 Å². The van der Waals surface area contributed by atoms with E-state index in [4.69, 9.17) is 0 Å². The summed E-state index contributed by atoms with van der Waals surface area (Å²) in [4.78, 5) is 0. The lowest BCUT2D eigenvalue weighted by Gasteiger charge is -2.46. The Balaban J connectivity index is 2.11. The smallest absolute Gasteiger partial charge is 0.0738 e. The fourth-order valence-corrected chi connectivity index (χ4v) is 3.31. The third kappa shape index (κ3) is 2.50. The molecular weight excluding hydrogens is 292 g/mol. The Kier molecular flexibility index (Phi) is 3.88. The zero-order valence-corrected chi connectivity index (χ0v) is 13.3. The zero-order chi connectivity index (χ0) is 13.5. The minimum atomic E-state index is -0.517. The molecule has 2 rings (SSSR count). The summed E-state index contributed by atoms with van der Waals surface area (Å²) in [5.74, 6) is 1.35. The Bertz CT molecular complexity index is 433. The van der Waals surface area contributed by atoms with Crippen molar-refractivity contribution < 1.29 is 5.11 Å². The van der Waals surface area contributed by atoms with Crippen LogP contribution in [0.5, 0.6) is 0 Å². The highest BCUT2D eigenvalue weighted by Crippen LogP contribution is 2.44. The molecule has 1 saturated carbocycles. The molecule has 1 aromatic heterocycles. The molecule has 18 heavy (non-hydrogen) atoms. The average Bonchev–Trinajstić information content (AvgIpc) is 2.53. The van der Waals surface area contributed by atoms with E-state index in [0.29, 0.717) is 18.3 Å². The molecule has 0 radical (unpaired) electrons. The topological polar surface area (TPSA) is 38.0 Å². The van der Waals surface area contributed by atoms with Crippen molar-refractivity contribution in [3.63, 3.8) is 0 Å². The number of aryl methyl sites for hydroxylation is 2. The number of aliphatic hydroxyl groups is 1. The monoisotopic (exact) mass is 314 g/mol. The number of hydrogen-bond donors (Lipinski definition) is 1. The summed E-state index contributed by atoms with van der Waals surface area (Å²) >= 11 is 3.60. The summed E-state index contributed by atoms with van der Waals surface area (Å²) < 4.78 is 3.06. The van der Waals surface area contributed by atoms with Crippen molar-refractivity contribution in [1.29, 1.82) is 0 Å². The number of aromatic nitrogens is 2. The summed E-state index contributed by atoms with van der Waals surface area (Å²) in [5, 5.41) is 15.1. The van der Waals surface area contributed by atoms with Gasteiger partial charge in [0.2, 0.25) is 0 Å². The van der Waals surface area contributed by atoms with Gasteiger partial charge in [0.05, 0.1) is 21.5 Å². The van der Waals surface area contributed by atoms with Crippen molar-refractivity contribution in [1.82, 2.24) is 9.78 Å². The molecule has 0 amide bonds. The van der Waals surface area contributed by atoms with Crippen molar-refractivity contribution in [2.75, 3.05) is 0 Å². The Hall–Kier alpha value is -0.350. The molecule has 1 N–H and O–H groups in total. The van der Waals surface area contributed by atoms with Crippen LogP contribution in [0.3, 0.4) is 0 Å². The second-order valence-electron chi connectivity index (χ2n) is 5.98. The van der Waals surface area contributed by atoms with Gasteiger partial charge in [-0.25, -0.2) is 0 Å². The van der Waals surface area contributed by atoms with Crippen LogP contribution in [0.25, 0.3) is 0 Å². The summed E-state index contributed by atoms with van der Waals surface area (Å²) in [6.07, 6.45) is 2.56. The molecule has 3 nitrogen and oxygen atoms in total. The Labute approximate surface area is 118 Å². The summed E-state index contributed by atoms with van der Waals surface area (Å²) in [7, 11) is 0. The van der Waals surface area contributed by atoms with Gasteiger partial charge < -0.3 is 5.11 Å². The molecule has 1 aliphatic rings. The Morgan fingerprint density at radius 2 is 2.11 bits per heavy atom. The van der Waals surface area contributed by atoms with Gasteiger partial charge in [0, 0.05) is 13.0 Å². The maximum atomic E-state index is 10.6. The lowest BCUT2D eigenvalue weighted by atomic mass is 9.64. The van der Waals surface area contributed by atoms with E-state index in [2.05, 4.69) is 41.8 Å². The normalized spacial score (nSPS) is 27.6. The van der Waals surface area contributed by atoms with Crippen molar-refractivity contribution in [2.24, 2.45) is 11.8 Å². The van der Waals surface area contributed by atoms with Crippen LogP contribution >= 0.6 is 15.9 Å². The van der Waals surface area contributed by atoms with Crippen LogP contribution in [-0.2, 0) is 13.0 Å². The van der Waals surface area contributed by atoms with Crippen molar-refractivity contribution in [3.8, 4) is 0 Å². The third-order valence-corrected chi connectivity index (χ3v) is 5.21. The number of hydrogen-bond acceptors (Lipinski definition) is 2. The fraction of sp³-hybridized carbons (Fsp3) is 0.786. The van der Waals surface area contributed by atoms with Crippen molar-refractivity contribution >= 4 is 15.9 Å². The first-order chi connectivity index (χ1) is 8.36. The third-order valence-electron chi connectivity index (χ3n) is 4.18. The quantitative estimate of drug-likeness (QED) is 0.925. The highest BCUT2D eigenvalue weighted by atomic mass is 79.9. The van der Waals surface area contributed by atoms with E-state index in [0.717, 1.165) is 35.2 Å². The van der Waals surface area contributed by atoms with E-state index in [1.165, 1.54) is 0 Å². The lowest BCUT2D eigenvalue weighted by Crippen LogP contribution is -2.47. The predicted octanol–water partition coefficient (Wildman–Crippen LogP) is 3.31. The average molecular weight is 315 g/mol. The van der Waals surface area contributed by atoms with Crippen molar-refractivity contribution in [2.45, 2.75) is 59.1 Å². The van der Waals surface area contributed by atoms with Gasteiger partial charge in [0.25, 0.3) is 0 Å². The zero-order valence-electron chi connectivity index (χ0n) is 11.7. The first-order valence-electron chi connectivity index (χ1n) is 6.80. The molecule has 0 aliphatic heterocycles. The maximum Gasteiger partial charge on any atom is 0.0738 e. The predicted molar refractivity (Wildman–Crippen MR) is 76.6 cm³/mol. The second kappa shape index (κ2) is 4.97. The van der Waals surface area contributed by atoms with E-state index >= 15 is 0 Å². The molecule has 4 heteroatoms. The standard InChI is InChI=1S/C14H23BrN2O/c1-5-17-12(13(15)10(4)16-17)8-14(18)6-11(7-14)9(2)3/h9,11,18H,5-8H2,1-4H3. The van der Waals surface area contributed by atoms with Crippen LogP contribution in [0.1, 0.15) is 45.0 Å². The fourth-order valence-electron chi connectivity index (χ4n) is 2.88. The van der Waals surface area contributed by atoms with Gasteiger partial charge in [-0.3, -0.25) is 4.68 Å². The summed E-state index contributed by atoms with van der Waals surface area (Å²) in [6.45, 7) is 9.41. The van der Waals surface area contributed by atoms with Gasteiger partial charge >= 0.3 is 0 Å². The molecule has 0 atom stereocenters. The van der Waals surface area contributed by atoms with Gasteiger partial charge in [-0.15, -0.1) is 0 Å². The number of nitrogens with zero attached hydrogens (tertiary/aromatic N) is 2. The highest BCUT2D eigenvalue weighted by Gasteiger charge is 2.44. The van der Waals surface area contributed by atoms with Crippen LogP contribution in [0.15, 0.2) is 4.47 Å². The van der Waals surface area contributed by atoms with Gasteiger partial charge in [-0.1, -0.05) is 13.8 Å². The molecular formula is C14H23BrN2O. The van der Waals surface area contributed by atoms with Crippen LogP contribution in [0, 0.1) is 18.8 Å². The largest absolute Gasteiger partial charge is 0.389 e. The molecule has 1 aliphatic carbocycles. The molecule has 102 valence electrons. The molecule has 1 aromatic rings. The number of halogens is 1. The van der Waals surface area contributed by atoms with Gasteiger partial charge in [-0.05, 0) is 54.5 Å². The van der Waals surface area contributed by atoms with Gasteiger partial charge in [0.15, 0.2) is 0 Å². The van der Waals surface area contributed by atoms with E-state index in [9.17, 15) is 5.11 Å². The van der Waals surface area contributed by atoms with Gasteiger partial charge in [0.1, 0.15) is 0 Å². The van der Waals surface area contributed by atoms with E-state index in [1.807, 2.05) is 11.6 Å². The molecule has 0 spiro atoms. The Morgan fingerprint density at radius 3 is 2.61 bits per heavy atom. The maximum absolute atomic E-state index is 10.6. The summed E-state index contributed by atoms with van der Waals surface area (Å²) in [5.41, 5.74) is 1.63. The minimum absolute atomic E-state index is 0.517. The Morgan fingerprint density at radius 1 is 1.50 bits per heavy atom. The molecule has 1 fully saturated rings. The van der Waals surface area contributed by atoms with E-state index in [1.54, 1.807) is 0 Å². The molecule has 0 unspecified atom stereocenters. The molecule has 1 heterocycles. The molecule has 0 saturated heterocycles. The van der Waals surface area contributed by atoms with E-state index < -0.39 is 5.60 Å². The van der Waals surface area contributed by atoms with Crippen molar-refractivity contribution in [3.05, 3.63) is 15.9 Å². The highest BCUT2D eigenvalue weighted by molar-refractivity contribution is 9.10. The number of rotatable bonds is 4. The minimum Gasteiger partial charge on any atom is -0.389 e. The van der Waals surface area contributed by atoms with Crippen LogP contribution in [0.2, 0.25) is 0 Å². The SMILES string of the molecule is CCn1nc(C)c(Br)c1CC1(O)CC(C(C)C)C1.